The summed E-state index contributed by atoms with van der Waals surface area (Å²) < 4.78 is 18.0. The van der Waals surface area contributed by atoms with Gasteiger partial charge in [-0.15, -0.1) is 11.3 Å². The van der Waals surface area contributed by atoms with Crippen LogP contribution in [0.1, 0.15) is 40.9 Å². The minimum absolute atomic E-state index is 0.139. The molecule has 0 saturated carbocycles. The fourth-order valence-electron chi connectivity index (χ4n) is 4.18. The van der Waals surface area contributed by atoms with Crippen LogP contribution in [0.15, 0.2) is 47.8 Å². The van der Waals surface area contributed by atoms with Crippen LogP contribution in [0, 0.1) is 0 Å². The molecule has 1 aromatic carbocycles. The average molecular weight is 416 g/mol. The van der Waals surface area contributed by atoms with Crippen LogP contribution in [0.3, 0.4) is 0 Å². The molecule has 0 aliphatic carbocycles. The third kappa shape index (κ3) is 5.45. The normalized spacial score (nSPS) is 21.4. The molecule has 156 valence electrons. The molecule has 1 unspecified atom stereocenters. The van der Waals surface area contributed by atoms with Crippen LogP contribution in [0.4, 0.5) is 0 Å². The third-order valence-corrected chi connectivity index (χ3v) is 6.69. The second kappa shape index (κ2) is 9.85. The van der Waals surface area contributed by atoms with Crippen molar-refractivity contribution in [3.8, 4) is 0 Å². The van der Waals surface area contributed by atoms with Gasteiger partial charge < -0.3 is 19.1 Å². The van der Waals surface area contributed by atoms with E-state index < -0.39 is 0 Å². The Hall–Kier alpha value is -1.73. The van der Waals surface area contributed by atoms with Gasteiger partial charge in [0.25, 0.3) is 5.91 Å². The zero-order chi connectivity index (χ0) is 19.9. The van der Waals surface area contributed by atoms with Crippen molar-refractivity contribution in [2.75, 3.05) is 32.9 Å². The van der Waals surface area contributed by atoms with E-state index in [2.05, 4.69) is 12.1 Å². The van der Waals surface area contributed by atoms with Gasteiger partial charge in [-0.1, -0.05) is 36.4 Å². The zero-order valence-electron chi connectivity index (χ0n) is 16.8. The van der Waals surface area contributed by atoms with Gasteiger partial charge in [0.05, 0.1) is 36.4 Å². The minimum Gasteiger partial charge on any atom is -0.376 e. The van der Waals surface area contributed by atoms with E-state index in [1.807, 2.05) is 40.6 Å². The predicted octanol–water partition coefficient (Wildman–Crippen LogP) is 4.14. The molecule has 0 radical (unpaired) electrons. The van der Waals surface area contributed by atoms with Gasteiger partial charge in [-0.2, -0.15) is 0 Å². The Morgan fingerprint density at radius 3 is 2.72 bits per heavy atom. The second-order valence-corrected chi connectivity index (χ2v) is 8.77. The molecule has 6 heteroatoms. The summed E-state index contributed by atoms with van der Waals surface area (Å²) in [5.41, 5.74) is 1.04. The Bertz CT molecular complexity index is 756. The fourth-order valence-corrected chi connectivity index (χ4v) is 4.88. The zero-order valence-corrected chi connectivity index (χ0v) is 17.6. The van der Waals surface area contributed by atoms with Crippen LogP contribution in [0.5, 0.6) is 0 Å². The van der Waals surface area contributed by atoms with Crippen molar-refractivity contribution in [3.63, 3.8) is 0 Å². The van der Waals surface area contributed by atoms with Crippen molar-refractivity contribution in [2.24, 2.45) is 0 Å². The second-order valence-electron chi connectivity index (χ2n) is 7.82. The van der Waals surface area contributed by atoms with Crippen LogP contribution in [0.25, 0.3) is 0 Å². The summed E-state index contributed by atoms with van der Waals surface area (Å²) in [5, 5.41) is 1.95. The molecule has 1 aromatic heterocycles. The number of rotatable bonds is 7. The Kier molecular flexibility index (Phi) is 6.98. The molecule has 0 N–H and O–H groups in total. The smallest absolute Gasteiger partial charge is 0.263 e. The molecule has 3 heterocycles. The molecule has 2 saturated heterocycles. The lowest BCUT2D eigenvalue weighted by molar-refractivity contribution is -0.155. The number of carbonyl (C=O) groups is 1. The fraction of sp³-hybridized carbons (Fsp3) is 0.522. The summed E-state index contributed by atoms with van der Waals surface area (Å²) in [6, 6.07) is 14.0. The third-order valence-electron chi connectivity index (χ3n) is 5.83. The van der Waals surface area contributed by atoms with Gasteiger partial charge >= 0.3 is 0 Å². The van der Waals surface area contributed by atoms with Crippen molar-refractivity contribution in [3.05, 3.63) is 58.3 Å². The molecule has 2 aliphatic rings. The number of thiophene rings is 1. The van der Waals surface area contributed by atoms with Crippen LogP contribution in [-0.4, -0.2) is 55.4 Å². The Morgan fingerprint density at radius 2 is 1.97 bits per heavy atom. The number of nitrogens with zero attached hydrogens (tertiary/aromatic N) is 1. The topological polar surface area (TPSA) is 48.0 Å². The van der Waals surface area contributed by atoms with Gasteiger partial charge in [-0.05, 0) is 36.3 Å². The number of carbonyl (C=O) groups excluding carboxylic acids is 1. The van der Waals surface area contributed by atoms with Crippen molar-refractivity contribution < 1.29 is 19.0 Å². The number of benzene rings is 1. The van der Waals surface area contributed by atoms with Crippen LogP contribution >= 0.6 is 11.3 Å². The maximum absolute atomic E-state index is 12.6. The molecule has 5 nitrogen and oxygen atoms in total. The van der Waals surface area contributed by atoms with E-state index in [4.69, 9.17) is 14.2 Å². The Morgan fingerprint density at radius 1 is 1.14 bits per heavy atom. The summed E-state index contributed by atoms with van der Waals surface area (Å²) in [5.74, 6) is 0.147. The first kappa shape index (κ1) is 20.5. The van der Waals surface area contributed by atoms with E-state index in [1.54, 1.807) is 0 Å². The molecule has 29 heavy (non-hydrogen) atoms. The lowest BCUT2D eigenvalue weighted by Crippen LogP contribution is -2.52. The van der Waals surface area contributed by atoms with Gasteiger partial charge in [0, 0.05) is 26.1 Å². The largest absolute Gasteiger partial charge is 0.376 e. The number of likely N-dealkylation sites (tertiary alicyclic amines) is 1. The summed E-state index contributed by atoms with van der Waals surface area (Å²) in [6.45, 7) is 4.07. The lowest BCUT2D eigenvalue weighted by Gasteiger charge is -2.46. The molecular weight excluding hydrogens is 386 g/mol. The molecule has 2 aliphatic heterocycles. The summed E-state index contributed by atoms with van der Waals surface area (Å²) >= 11 is 1.51. The standard InChI is InChI=1S/C23H29NO4S/c25-22(21-7-4-16-29-21)24-11-9-23(10-12-24)17-20(8-13-28-23)27-15-14-26-18-19-5-2-1-3-6-19/h1-7,16,20H,8-15,17-18H2. The number of hydrogen-bond acceptors (Lipinski definition) is 5. The molecule has 4 rings (SSSR count). The first-order valence-electron chi connectivity index (χ1n) is 10.4. The molecule has 1 spiro atoms. The number of amides is 1. The Balaban J connectivity index is 1.18. The maximum atomic E-state index is 12.6. The highest BCUT2D eigenvalue weighted by Gasteiger charge is 2.41. The highest BCUT2D eigenvalue weighted by atomic mass is 32.1. The highest BCUT2D eigenvalue weighted by Crippen LogP contribution is 2.36. The molecule has 1 atom stereocenters. The van der Waals surface area contributed by atoms with Crippen molar-refractivity contribution in [1.29, 1.82) is 0 Å². The number of ether oxygens (including phenoxy) is 3. The molecule has 2 aromatic rings. The van der Waals surface area contributed by atoms with Crippen LogP contribution in [0.2, 0.25) is 0 Å². The van der Waals surface area contributed by atoms with Crippen molar-refractivity contribution in [1.82, 2.24) is 4.90 Å². The lowest BCUT2D eigenvalue weighted by atomic mass is 9.83. The van der Waals surface area contributed by atoms with E-state index in [0.29, 0.717) is 19.8 Å². The summed E-state index contributed by atoms with van der Waals surface area (Å²) in [6.07, 6.45) is 3.82. The molecule has 2 fully saturated rings. The maximum Gasteiger partial charge on any atom is 0.263 e. The monoisotopic (exact) mass is 415 g/mol. The van der Waals surface area contributed by atoms with Gasteiger partial charge in [0.1, 0.15) is 0 Å². The Labute approximate surface area is 176 Å². The molecule has 1 amide bonds. The van der Waals surface area contributed by atoms with Crippen molar-refractivity contribution >= 4 is 17.2 Å². The SMILES string of the molecule is O=C(c1cccs1)N1CCC2(CC1)CC(OCCOCc1ccccc1)CCO2. The number of piperidine rings is 1. The van der Waals surface area contributed by atoms with E-state index in [-0.39, 0.29) is 17.6 Å². The van der Waals surface area contributed by atoms with E-state index >= 15 is 0 Å². The quantitative estimate of drug-likeness (QED) is 0.638. The minimum atomic E-state index is -0.139. The first-order valence-corrected chi connectivity index (χ1v) is 11.3. The van der Waals surface area contributed by atoms with Gasteiger partial charge in [-0.25, -0.2) is 0 Å². The molecule has 0 bridgehead atoms. The van der Waals surface area contributed by atoms with E-state index in [9.17, 15) is 4.79 Å². The summed E-state index contributed by atoms with van der Waals surface area (Å²) in [7, 11) is 0. The predicted molar refractivity (Wildman–Crippen MR) is 113 cm³/mol. The average Bonchev–Trinajstić information content (AvgIpc) is 3.30. The van der Waals surface area contributed by atoms with E-state index in [0.717, 1.165) is 50.3 Å². The van der Waals surface area contributed by atoms with Crippen LogP contribution in [-0.2, 0) is 20.8 Å². The van der Waals surface area contributed by atoms with Gasteiger partial charge in [0.2, 0.25) is 0 Å². The van der Waals surface area contributed by atoms with E-state index in [1.165, 1.54) is 16.9 Å². The van der Waals surface area contributed by atoms with Gasteiger partial charge in [0.15, 0.2) is 0 Å². The highest BCUT2D eigenvalue weighted by molar-refractivity contribution is 7.12. The van der Waals surface area contributed by atoms with Crippen LogP contribution < -0.4 is 0 Å². The first-order chi connectivity index (χ1) is 14.2. The van der Waals surface area contributed by atoms with Gasteiger partial charge in [-0.3, -0.25) is 4.79 Å². The number of hydrogen-bond donors (Lipinski definition) is 0. The molecular formula is C23H29NO4S. The van der Waals surface area contributed by atoms with Crippen molar-refractivity contribution in [2.45, 2.75) is 44.0 Å². The summed E-state index contributed by atoms with van der Waals surface area (Å²) in [4.78, 5) is 15.3.